The van der Waals surface area contributed by atoms with E-state index in [1.807, 2.05) is 40.7 Å². The summed E-state index contributed by atoms with van der Waals surface area (Å²) >= 11 is 1.26. The number of aryl methyl sites for hydroxylation is 1. The molecule has 29 heavy (non-hydrogen) atoms. The van der Waals surface area contributed by atoms with Crippen molar-refractivity contribution < 1.29 is 17.9 Å². The monoisotopic (exact) mass is 436 g/mol. The molecule has 2 heterocycles. The topological polar surface area (TPSA) is 75.7 Å². The molecule has 0 bridgehead atoms. The summed E-state index contributed by atoms with van der Waals surface area (Å²) < 4.78 is 34.4. The zero-order chi connectivity index (χ0) is 21.4. The number of rotatable bonds is 6. The van der Waals surface area contributed by atoms with E-state index in [1.54, 1.807) is 29.2 Å². The SMILES string of the molecule is CCc1ccc(S(=O)(=O)Nc2ccc3c(c2)N(CC(C)C)C(=O)C(C)(C)CO3)s1. The molecule has 0 saturated heterocycles. The Kier molecular flexibility index (Phi) is 5.96. The molecule has 0 aliphatic carbocycles. The van der Waals surface area contributed by atoms with Gasteiger partial charge in [-0.15, -0.1) is 11.3 Å². The molecule has 0 radical (unpaired) electrons. The highest BCUT2D eigenvalue weighted by Crippen LogP contribution is 2.39. The van der Waals surface area contributed by atoms with E-state index >= 15 is 0 Å². The van der Waals surface area contributed by atoms with Crippen molar-refractivity contribution in [3.05, 3.63) is 35.2 Å². The van der Waals surface area contributed by atoms with Crippen molar-refractivity contribution >= 4 is 38.6 Å². The van der Waals surface area contributed by atoms with Gasteiger partial charge in [0.2, 0.25) is 5.91 Å². The Morgan fingerprint density at radius 2 is 1.97 bits per heavy atom. The van der Waals surface area contributed by atoms with Gasteiger partial charge in [-0.2, -0.15) is 0 Å². The van der Waals surface area contributed by atoms with Gasteiger partial charge in [0, 0.05) is 11.4 Å². The first-order chi connectivity index (χ1) is 13.5. The molecule has 1 aromatic carbocycles. The molecule has 6 nitrogen and oxygen atoms in total. The van der Waals surface area contributed by atoms with E-state index in [0.29, 0.717) is 23.7 Å². The van der Waals surface area contributed by atoms with Crippen LogP contribution < -0.4 is 14.4 Å². The fourth-order valence-corrected chi connectivity index (χ4v) is 5.50. The highest BCUT2D eigenvalue weighted by molar-refractivity contribution is 7.94. The summed E-state index contributed by atoms with van der Waals surface area (Å²) in [5, 5.41) is 0. The van der Waals surface area contributed by atoms with E-state index in [1.165, 1.54) is 11.3 Å². The summed E-state index contributed by atoms with van der Waals surface area (Å²) in [7, 11) is -3.69. The molecular weight excluding hydrogens is 408 g/mol. The number of nitrogens with one attached hydrogen (secondary N) is 1. The Hall–Kier alpha value is -2.06. The molecule has 0 atom stereocenters. The lowest BCUT2D eigenvalue weighted by molar-refractivity contribution is -0.127. The summed E-state index contributed by atoms with van der Waals surface area (Å²) in [6, 6.07) is 8.52. The molecule has 0 saturated carbocycles. The lowest BCUT2D eigenvalue weighted by Crippen LogP contribution is -2.43. The van der Waals surface area contributed by atoms with Gasteiger partial charge in [-0.3, -0.25) is 9.52 Å². The standard InChI is InChI=1S/C21H28N2O4S2/c1-6-16-8-10-19(28-16)29(25,26)22-15-7-9-18-17(11-15)23(12-14(2)3)20(24)21(4,5)13-27-18/h7-11,14,22H,6,12-13H2,1-5H3. The first-order valence-corrected chi connectivity index (χ1v) is 12.0. The van der Waals surface area contributed by atoms with Crippen LogP contribution in [0.25, 0.3) is 0 Å². The lowest BCUT2D eigenvalue weighted by atomic mass is 9.92. The number of nitrogens with zero attached hydrogens (tertiary/aromatic N) is 1. The van der Waals surface area contributed by atoms with Crippen LogP contribution in [0.4, 0.5) is 11.4 Å². The molecule has 1 aliphatic rings. The Morgan fingerprint density at radius 1 is 1.24 bits per heavy atom. The van der Waals surface area contributed by atoms with Gasteiger partial charge in [0.25, 0.3) is 10.0 Å². The number of fused-ring (bicyclic) bond motifs is 1. The summed E-state index contributed by atoms with van der Waals surface area (Å²) in [4.78, 5) is 15.9. The number of amides is 1. The molecule has 0 fully saturated rings. The maximum atomic E-state index is 13.1. The van der Waals surface area contributed by atoms with Gasteiger partial charge in [-0.1, -0.05) is 20.8 Å². The predicted octanol–water partition coefficient (Wildman–Crippen LogP) is 4.52. The van der Waals surface area contributed by atoms with Gasteiger partial charge in [0.15, 0.2) is 0 Å². The van der Waals surface area contributed by atoms with Gasteiger partial charge in [-0.25, -0.2) is 8.42 Å². The Labute approximate surface area is 176 Å². The van der Waals surface area contributed by atoms with Crippen LogP contribution in [0.2, 0.25) is 0 Å². The lowest BCUT2D eigenvalue weighted by Gasteiger charge is -2.29. The smallest absolute Gasteiger partial charge is 0.271 e. The van der Waals surface area contributed by atoms with E-state index in [-0.39, 0.29) is 22.6 Å². The first-order valence-electron chi connectivity index (χ1n) is 9.74. The fraction of sp³-hybridized carbons (Fsp3) is 0.476. The van der Waals surface area contributed by atoms with Gasteiger partial charge < -0.3 is 9.64 Å². The molecule has 8 heteroatoms. The average molecular weight is 437 g/mol. The van der Waals surface area contributed by atoms with Crippen LogP contribution in [-0.2, 0) is 21.2 Å². The highest BCUT2D eigenvalue weighted by Gasteiger charge is 2.38. The van der Waals surface area contributed by atoms with Crippen LogP contribution in [0, 0.1) is 11.3 Å². The second-order valence-corrected chi connectivity index (χ2v) is 11.4. The number of hydrogen-bond donors (Lipinski definition) is 1. The number of benzene rings is 1. The second-order valence-electron chi connectivity index (χ2n) is 8.34. The molecule has 1 aliphatic heterocycles. The summed E-state index contributed by atoms with van der Waals surface area (Å²) in [5.74, 6) is 0.798. The van der Waals surface area contributed by atoms with Crippen LogP contribution in [0.15, 0.2) is 34.5 Å². The third-order valence-corrected chi connectivity index (χ3v) is 7.82. The maximum Gasteiger partial charge on any atom is 0.271 e. The molecule has 158 valence electrons. The Balaban J connectivity index is 1.97. The first kappa shape index (κ1) is 21.6. The van der Waals surface area contributed by atoms with E-state index in [4.69, 9.17) is 4.74 Å². The van der Waals surface area contributed by atoms with Crippen molar-refractivity contribution in [1.29, 1.82) is 0 Å². The van der Waals surface area contributed by atoms with Crippen molar-refractivity contribution in [3.8, 4) is 5.75 Å². The quantitative estimate of drug-likeness (QED) is 0.722. The fourth-order valence-electron chi connectivity index (χ4n) is 3.15. The van der Waals surface area contributed by atoms with E-state index in [0.717, 1.165) is 11.3 Å². The highest BCUT2D eigenvalue weighted by atomic mass is 32.2. The molecule has 1 amide bonds. The number of hydrogen-bond acceptors (Lipinski definition) is 5. The minimum absolute atomic E-state index is 0.0317. The third-order valence-electron chi connectivity index (χ3n) is 4.71. The summed E-state index contributed by atoms with van der Waals surface area (Å²) in [6.07, 6.45) is 0.790. The zero-order valence-corrected chi connectivity index (χ0v) is 19.1. The van der Waals surface area contributed by atoms with Gasteiger partial charge in [0.1, 0.15) is 16.6 Å². The van der Waals surface area contributed by atoms with Crippen molar-refractivity contribution in [2.75, 3.05) is 22.8 Å². The van der Waals surface area contributed by atoms with Crippen LogP contribution in [-0.4, -0.2) is 27.5 Å². The van der Waals surface area contributed by atoms with Crippen molar-refractivity contribution in [2.24, 2.45) is 11.3 Å². The van der Waals surface area contributed by atoms with Crippen LogP contribution in [0.5, 0.6) is 5.75 Å². The van der Waals surface area contributed by atoms with Gasteiger partial charge >= 0.3 is 0 Å². The zero-order valence-electron chi connectivity index (χ0n) is 17.5. The number of carbonyl (C=O) groups is 1. The molecule has 1 N–H and O–H groups in total. The summed E-state index contributed by atoms with van der Waals surface area (Å²) in [6.45, 7) is 10.6. The minimum atomic E-state index is -3.69. The normalized spacial score (nSPS) is 16.3. The molecule has 0 unspecified atom stereocenters. The Morgan fingerprint density at radius 3 is 2.59 bits per heavy atom. The van der Waals surface area contributed by atoms with E-state index in [2.05, 4.69) is 4.72 Å². The van der Waals surface area contributed by atoms with Crippen molar-refractivity contribution in [2.45, 2.75) is 45.2 Å². The van der Waals surface area contributed by atoms with Gasteiger partial charge in [-0.05, 0) is 56.5 Å². The number of carbonyl (C=O) groups excluding carboxylic acids is 1. The predicted molar refractivity (Wildman–Crippen MR) is 117 cm³/mol. The number of anilines is 2. The van der Waals surface area contributed by atoms with Crippen LogP contribution >= 0.6 is 11.3 Å². The van der Waals surface area contributed by atoms with Crippen molar-refractivity contribution in [3.63, 3.8) is 0 Å². The Bertz CT molecular complexity index is 1010. The molecule has 1 aromatic heterocycles. The van der Waals surface area contributed by atoms with Gasteiger partial charge in [0.05, 0.1) is 16.8 Å². The minimum Gasteiger partial charge on any atom is -0.490 e. The van der Waals surface area contributed by atoms with E-state index in [9.17, 15) is 13.2 Å². The number of thiophene rings is 1. The third kappa shape index (κ3) is 4.59. The number of sulfonamides is 1. The molecule has 2 aromatic rings. The molecule has 0 spiro atoms. The van der Waals surface area contributed by atoms with E-state index < -0.39 is 15.4 Å². The maximum absolute atomic E-state index is 13.1. The number of ether oxygens (including phenoxy) is 1. The summed E-state index contributed by atoms with van der Waals surface area (Å²) in [5.41, 5.74) is 0.330. The van der Waals surface area contributed by atoms with Crippen LogP contribution in [0.3, 0.4) is 0 Å². The molecular formula is C21H28N2O4S2. The average Bonchev–Trinajstić information content (AvgIpc) is 3.11. The largest absolute Gasteiger partial charge is 0.490 e. The van der Waals surface area contributed by atoms with Crippen molar-refractivity contribution in [1.82, 2.24) is 0 Å². The second kappa shape index (κ2) is 7.99. The molecule has 3 rings (SSSR count). The van der Waals surface area contributed by atoms with Crippen LogP contribution in [0.1, 0.15) is 39.5 Å².